The van der Waals surface area contributed by atoms with Crippen LogP contribution in [0.4, 0.5) is 0 Å². The standard InChI is InChI=1S/C19H22O3.2C12H18O2/c1-15(13-21-14-17-9-5-3-6-10-17)16(2)22-19(20)18-11-7-4-8-12-18;2*1-10(11(2)13)8-14-9-12-6-4-3-5-7-12/h3-12,15-16H,13-14H2,1-2H3;2*3-7,10-11,13H,8-9H2,1-2H3/t15-,16-;10-,11+;10-,11-/m111/s1. The Labute approximate surface area is 300 Å². The summed E-state index contributed by atoms with van der Waals surface area (Å²) in [5, 5.41) is 18.5. The largest absolute Gasteiger partial charge is 0.459 e. The van der Waals surface area contributed by atoms with Crippen LogP contribution in [0.15, 0.2) is 121 Å². The van der Waals surface area contributed by atoms with Crippen LogP contribution in [0.1, 0.15) is 68.6 Å². The summed E-state index contributed by atoms with van der Waals surface area (Å²) in [6.07, 6.45) is -0.792. The Morgan fingerprint density at radius 1 is 0.480 bits per heavy atom. The lowest BCUT2D eigenvalue weighted by atomic mass is 10.1. The molecular weight excluding hydrogens is 628 g/mol. The maximum absolute atomic E-state index is 12.0. The average molecular weight is 687 g/mol. The molecule has 0 saturated heterocycles. The molecule has 4 rings (SSSR count). The van der Waals surface area contributed by atoms with E-state index in [2.05, 4.69) is 0 Å². The second-order valence-corrected chi connectivity index (χ2v) is 12.9. The lowest BCUT2D eigenvalue weighted by Crippen LogP contribution is -2.25. The van der Waals surface area contributed by atoms with Crippen molar-refractivity contribution in [2.24, 2.45) is 17.8 Å². The summed E-state index contributed by atoms with van der Waals surface area (Å²) >= 11 is 0. The summed E-state index contributed by atoms with van der Waals surface area (Å²) in [4.78, 5) is 12.0. The van der Waals surface area contributed by atoms with E-state index in [1.54, 1.807) is 26.0 Å². The highest BCUT2D eigenvalue weighted by molar-refractivity contribution is 5.89. The normalized spacial score (nSPS) is 14.3. The molecule has 0 unspecified atom stereocenters. The molecule has 2 N–H and O–H groups in total. The second-order valence-electron chi connectivity index (χ2n) is 12.9. The van der Waals surface area contributed by atoms with E-state index in [0.717, 1.165) is 5.56 Å². The Bertz CT molecular complexity index is 1330. The lowest BCUT2D eigenvalue weighted by Gasteiger charge is -2.20. The molecule has 0 fully saturated rings. The Balaban J connectivity index is 0.000000272. The first kappa shape index (κ1) is 42.3. The Kier molecular flexibility index (Phi) is 21.3. The van der Waals surface area contributed by atoms with Gasteiger partial charge in [-0.05, 0) is 49.6 Å². The van der Waals surface area contributed by atoms with Gasteiger partial charge in [0.2, 0.25) is 0 Å². The first-order chi connectivity index (χ1) is 24.1. The molecule has 0 spiro atoms. The summed E-state index contributed by atoms with van der Waals surface area (Å²) in [6.45, 7) is 15.0. The van der Waals surface area contributed by atoms with Crippen molar-refractivity contribution in [3.63, 3.8) is 0 Å². The van der Waals surface area contributed by atoms with E-state index < -0.39 is 0 Å². The average Bonchev–Trinajstić information content (AvgIpc) is 3.13. The fraction of sp³-hybridized carbons (Fsp3) is 0.419. The van der Waals surface area contributed by atoms with Crippen LogP contribution >= 0.6 is 0 Å². The maximum atomic E-state index is 12.0. The number of hydrogen-bond acceptors (Lipinski definition) is 7. The Hall–Kier alpha value is -3.85. The number of carbonyl (C=O) groups excluding carboxylic acids is 1. The lowest BCUT2D eigenvalue weighted by molar-refractivity contribution is -0.000322. The van der Waals surface area contributed by atoms with E-state index in [9.17, 15) is 15.0 Å². The summed E-state index contributed by atoms with van der Waals surface area (Å²) < 4.78 is 22.1. The van der Waals surface area contributed by atoms with Gasteiger partial charge in [-0.25, -0.2) is 4.79 Å². The van der Waals surface area contributed by atoms with Gasteiger partial charge in [-0.2, -0.15) is 0 Å². The van der Waals surface area contributed by atoms with Gasteiger partial charge in [-0.3, -0.25) is 0 Å². The predicted octanol–water partition coefficient (Wildman–Crippen LogP) is 8.53. The summed E-state index contributed by atoms with van der Waals surface area (Å²) in [6, 6.07) is 39.2. The van der Waals surface area contributed by atoms with E-state index in [4.69, 9.17) is 18.9 Å². The minimum absolute atomic E-state index is 0.136. The van der Waals surface area contributed by atoms with Crippen molar-refractivity contribution >= 4 is 5.97 Å². The smallest absolute Gasteiger partial charge is 0.338 e. The van der Waals surface area contributed by atoms with E-state index in [1.165, 1.54) is 11.1 Å². The van der Waals surface area contributed by atoms with Crippen molar-refractivity contribution in [1.29, 1.82) is 0 Å². The van der Waals surface area contributed by atoms with Gasteiger partial charge in [-0.1, -0.05) is 130 Å². The predicted molar refractivity (Wildman–Crippen MR) is 200 cm³/mol. The van der Waals surface area contributed by atoms with Gasteiger partial charge in [-0.15, -0.1) is 0 Å². The molecule has 7 nitrogen and oxygen atoms in total. The molecule has 7 heteroatoms. The first-order valence-electron chi connectivity index (χ1n) is 17.5. The summed E-state index contributed by atoms with van der Waals surface area (Å²) in [5.41, 5.74) is 4.06. The third-order valence-electron chi connectivity index (χ3n) is 8.23. The van der Waals surface area contributed by atoms with Gasteiger partial charge in [0.15, 0.2) is 0 Å². The zero-order valence-electron chi connectivity index (χ0n) is 30.7. The minimum atomic E-state index is -0.300. The van der Waals surface area contributed by atoms with Crippen LogP contribution < -0.4 is 0 Å². The molecule has 272 valence electrons. The van der Waals surface area contributed by atoms with Gasteiger partial charge in [0.1, 0.15) is 6.10 Å². The van der Waals surface area contributed by atoms with Crippen LogP contribution in [0.5, 0.6) is 0 Å². The number of esters is 1. The van der Waals surface area contributed by atoms with E-state index in [0.29, 0.717) is 45.2 Å². The number of benzene rings is 4. The molecule has 0 heterocycles. The van der Waals surface area contributed by atoms with Crippen LogP contribution in [-0.4, -0.2) is 54.3 Å². The molecule has 0 aliphatic carbocycles. The van der Waals surface area contributed by atoms with Crippen LogP contribution in [-0.2, 0) is 38.8 Å². The van der Waals surface area contributed by atoms with Crippen molar-refractivity contribution in [1.82, 2.24) is 0 Å². The molecule has 0 aliphatic heterocycles. The molecule has 0 bridgehead atoms. The molecule has 6 atom stereocenters. The number of carbonyl (C=O) groups is 1. The van der Waals surface area contributed by atoms with Crippen LogP contribution in [0.2, 0.25) is 0 Å². The molecule has 0 radical (unpaired) electrons. The molecule has 50 heavy (non-hydrogen) atoms. The second kappa shape index (κ2) is 25.2. The van der Waals surface area contributed by atoms with Gasteiger partial charge in [0.25, 0.3) is 0 Å². The molecule has 0 aromatic heterocycles. The van der Waals surface area contributed by atoms with Crippen LogP contribution in [0.3, 0.4) is 0 Å². The number of hydrogen-bond donors (Lipinski definition) is 2. The Morgan fingerprint density at radius 2 is 0.780 bits per heavy atom. The van der Waals surface area contributed by atoms with E-state index >= 15 is 0 Å². The Morgan fingerprint density at radius 3 is 1.10 bits per heavy atom. The number of aliphatic hydroxyl groups excluding tert-OH is 2. The van der Waals surface area contributed by atoms with Gasteiger partial charge in [0, 0.05) is 17.8 Å². The maximum Gasteiger partial charge on any atom is 0.338 e. The summed E-state index contributed by atoms with van der Waals surface area (Å²) in [7, 11) is 0. The van der Waals surface area contributed by atoms with E-state index in [1.807, 2.05) is 137 Å². The zero-order valence-corrected chi connectivity index (χ0v) is 30.7. The van der Waals surface area contributed by atoms with Crippen molar-refractivity contribution in [3.05, 3.63) is 144 Å². The molecule has 0 amide bonds. The molecule has 0 saturated carbocycles. The first-order valence-corrected chi connectivity index (χ1v) is 17.5. The third kappa shape index (κ3) is 18.8. The highest BCUT2D eigenvalue weighted by Crippen LogP contribution is 2.13. The topological polar surface area (TPSA) is 94.5 Å². The molecule has 0 aliphatic rings. The fourth-order valence-electron chi connectivity index (χ4n) is 4.15. The highest BCUT2D eigenvalue weighted by Gasteiger charge is 2.18. The monoisotopic (exact) mass is 686 g/mol. The fourth-order valence-corrected chi connectivity index (χ4v) is 4.15. The van der Waals surface area contributed by atoms with Crippen LogP contribution in [0.25, 0.3) is 0 Å². The molecule has 4 aromatic carbocycles. The highest BCUT2D eigenvalue weighted by atomic mass is 16.5. The number of ether oxygens (including phenoxy) is 4. The van der Waals surface area contributed by atoms with E-state index in [-0.39, 0.29) is 42.0 Å². The van der Waals surface area contributed by atoms with Gasteiger partial charge in [0.05, 0.1) is 57.4 Å². The van der Waals surface area contributed by atoms with Crippen molar-refractivity contribution in [2.45, 2.75) is 79.7 Å². The number of rotatable bonds is 17. The minimum Gasteiger partial charge on any atom is -0.459 e. The van der Waals surface area contributed by atoms with Crippen molar-refractivity contribution < 1.29 is 34.0 Å². The van der Waals surface area contributed by atoms with Crippen molar-refractivity contribution in [2.75, 3.05) is 19.8 Å². The van der Waals surface area contributed by atoms with Gasteiger partial charge < -0.3 is 29.2 Å². The van der Waals surface area contributed by atoms with Gasteiger partial charge >= 0.3 is 5.97 Å². The van der Waals surface area contributed by atoms with Crippen molar-refractivity contribution in [3.8, 4) is 0 Å². The quantitative estimate of drug-likeness (QED) is 0.108. The number of aliphatic hydroxyl groups is 2. The third-order valence-corrected chi connectivity index (χ3v) is 8.23. The SMILES string of the molecule is C[C@H](COCc1ccccc1)[C@@H](C)O.C[C@H](COCc1ccccc1)[C@@H](C)OC(=O)c1ccccc1.C[C@H](O)[C@H](C)COCc1ccccc1. The zero-order chi connectivity index (χ0) is 36.6. The van der Waals surface area contributed by atoms with Crippen LogP contribution in [0, 0.1) is 17.8 Å². The molecular formula is C43H58O7. The summed E-state index contributed by atoms with van der Waals surface area (Å²) in [5.74, 6) is 0.233. The molecule has 4 aromatic rings.